The smallest absolute Gasteiger partial charge is 0.314 e. The van der Waals surface area contributed by atoms with Gasteiger partial charge in [0, 0.05) is 31.7 Å². The lowest BCUT2D eigenvalue weighted by molar-refractivity contribution is -0.139. The minimum atomic E-state index is -1.14. The Bertz CT molecular complexity index is 733. The van der Waals surface area contributed by atoms with E-state index >= 15 is 0 Å². The molecular formula is C19H26ClN3O6. The number of carbonyl (C=O) groups is 3. The van der Waals surface area contributed by atoms with Gasteiger partial charge < -0.3 is 30.1 Å². The average molecular weight is 428 g/mol. The zero-order valence-electron chi connectivity index (χ0n) is 16.3. The fraction of sp³-hybridized carbons (Fsp3) is 0.526. The Kier molecular flexibility index (Phi) is 8.69. The van der Waals surface area contributed by atoms with Crippen LogP contribution in [-0.4, -0.2) is 80.4 Å². The number of hydrogen-bond donors (Lipinski definition) is 2. The van der Waals surface area contributed by atoms with Crippen LogP contribution in [0.4, 0.5) is 10.5 Å². The van der Waals surface area contributed by atoms with Gasteiger partial charge in [0.15, 0.2) is 5.78 Å². The molecule has 0 radical (unpaired) electrons. The van der Waals surface area contributed by atoms with Crippen LogP contribution in [0.15, 0.2) is 18.2 Å². The molecule has 1 aromatic carbocycles. The van der Waals surface area contributed by atoms with Gasteiger partial charge in [-0.05, 0) is 25.1 Å². The minimum Gasteiger partial charge on any atom is -0.481 e. The number of carboxylic acid groups (broad SMARTS) is 1. The number of nitrogens with two attached hydrogens (primary N) is 1. The summed E-state index contributed by atoms with van der Waals surface area (Å²) in [5.41, 5.74) is 6.16. The van der Waals surface area contributed by atoms with E-state index < -0.39 is 17.7 Å². The van der Waals surface area contributed by atoms with E-state index in [2.05, 4.69) is 4.90 Å². The fourth-order valence-corrected chi connectivity index (χ4v) is 3.17. The number of benzene rings is 1. The third-order valence-corrected chi connectivity index (χ3v) is 4.97. The van der Waals surface area contributed by atoms with E-state index in [9.17, 15) is 14.4 Å². The van der Waals surface area contributed by atoms with Gasteiger partial charge in [-0.2, -0.15) is 0 Å². The molecule has 0 aromatic heterocycles. The van der Waals surface area contributed by atoms with Crippen molar-refractivity contribution in [3.63, 3.8) is 0 Å². The molecule has 0 saturated carbocycles. The van der Waals surface area contributed by atoms with Gasteiger partial charge in [-0.1, -0.05) is 11.6 Å². The van der Waals surface area contributed by atoms with Crippen LogP contribution >= 0.6 is 11.6 Å². The maximum Gasteiger partial charge on any atom is 0.314 e. The van der Waals surface area contributed by atoms with Gasteiger partial charge in [-0.15, -0.1) is 0 Å². The van der Waals surface area contributed by atoms with E-state index in [1.807, 2.05) is 0 Å². The third kappa shape index (κ3) is 6.59. The van der Waals surface area contributed by atoms with E-state index in [1.165, 1.54) is 13.0 Å². The molecule has 2 amide bonds. The summed E-state index contributed by atoms with van der Waals surface area (Å²) in [6, 6.07) is 4.57. The van der Waals surface area contributed by atoms with E-state index in [1.54, 1.807) is 17.0 Å². The van der Waals surface area contributed by atoms with Crippen LogP contribution in [0.1, 0.15) is 17.3 Å². The summed E-state index contributed by atoms with van der Waals surface area (Å²) in [6.45, 7) is 6.65. The van der Waals surface area contributed by atoms with Gasteiger partial charge in [-0.25, -0.2) is 4.79 Å². The van der Waals surface area contributed by atoms with Crippen molar-refractivity contribution in [1.29, 1.82) is 0 Å². The number of carboxylic acids is 1. The molecule has 3 N–H and O–H groups in total. The number of morpholine rings is 2. The molecule has 0 spiro atoms. The van der Waals surface area contributed by atoms with Crippen molar-refractivity contribution < 1.29 is 29.0 Å². The number of rotatable bonds is 4. The molecule has 2 saturated heterocycles. The first kappa shape index (κ1) is 22.9. The van der Waals surface area contributed by atoms with Crippen molar-refractivity contribution in [2.45, 2.75) is 6.92 Å². The Balaban J connectivity index is 0.000000278. The van der Waals surface area contributed by atoms with E-state index in [4.69, 9.17) is 31.9 Å². The number of nitrogens with zero attached hydrogens (tertiary/aromatic N) is 2. The molecule has 10 heteroatoms. The maximum absolute atomic E-state index is 12.0. The molecule has 29 heavy (non-hydrogen) atoms. The Morgan fingerprint density at radius 2 is 1.62 bits per heavy atom. The van der Waals surface area contributed by atoms with E-state index in [-0.39, 0.29) is 6.03 Å². The van der Waals surface area contributed by atoms with Crippen LogP contribution in [0.3, 0.4) is 0 Å². The van der Waals surface area contributed by atoms with E-state index in [0.717, 1.165) is 18.8 Å². The second kappa shape index (κ2) is 11.0. The molecule has 160 valence electrons. The summed E-state index contributed by atoms with van der Waals surface area (Å²) < 4.78 is 10.3. The number of Topliss-reactive ketones (excluding diaryl/α,β-unsaturated/α-hetero) is 1. The number of halogens is 1. The standard InChI is InChI=1S/C14H16ClNO4.C5H10N2O2/c1-9(14(18)19)13(17)10-2-3-12(11(15)8-10)16-4-6-20-7-5-16;6-5(8)7-1-3-9-4-2-7/h2-3,8-9H,4-7H2,1H3,(H,18,19);1-4H2,(H2,6,8). The first-order valence-corrected chi connectivity index (χ1v) is 9.70. The molecule has 0 aliphatic carbocycles. The Hall–Kier alpha value is -2.36. The number of anilines is 1. The zero-order valence-corrected chi connectivity index (χ0v) is 17.1. The second-order valence-corrected chi connectivity index (χ2v) is 7.03. The molecule has 1 atom stereocenters. The molecule has 2 aliphatic rings. The van der Waals surface area contributed by atoms with Gasteiger partial charge in [0.25, 0.3) is 0 Å². The zero-order chi connectivity index (χ0) is 21.4. The summed E-state index contributed by atoms with van der Waals surface area (Å²) in [5.74, 6) is -2.64. The first-order chi connectivity index (χ1) is 13.8. The van der Waals surface area contributed by atoms with Crippen LogP contribution in [0.2, 0.25) is 5.02 Å². The van der Waals surface area contributed by atoms with E-state index in [0.29, 0.717) is 50.1 Å². The number of urea groups is 1. The highest BCUT2D eigenvalue weighted by atomic mass is 35.5. The normalized spacial score (nSPS) is 17.7. The monoisotopic (exact) mass is 427 g/mol. The largest absolute Gasteiger partial charge is 0.481 e. The summed E-state index contributed by atoms with van der Waals surface area (Å²) in [4.78, 5) is 36.9. The predicted molar refractivity (Wildman–Crippen MR) is 108 cm³/mol. The molecule has 1 unspecified atom stereocenters. The SMILES string of the molecule is CC(C(=O)O)C(=O)c1ccc(N2CCOCC2)c(Cl)c1.NC(=O)N1CCOCC1. The number of primary amides is 1. The van der Waals surface area contributed by atoms with Crippen LogP contribution < -0.4 is 10.6 Å². The van der Waals surface area contributed by atoms with Crippen molar-refractivity contribution in [2.75, 3.05) is 57.5 Å². The van der Waals surface area contributed by atoms with Gasteiger partial charge in [0.05, 0.1) is 37.1 Å². The molecule has 9 nitrogen and oxygen atoms in total. The van der Waals surface area contributed by atoms with Crippen LogP contribution in [0, 0.1) is 5.92 Å². The van der Waals surface area contributed by atoms with Crippen molar-refractivity contribution >= 4 is 35.1 Å². The number of aliphatic carboxylic acids is 1. The highest BCUT2D eigenvalue weighted by Gasteiger charge is 2.23. The van der Waals surface area contributed by atoms with Crippen LogP contribution in [0.5, 0.6) is 0 Å². The summed E-state index contributed by atoms with van der Waals surface area (Å²) in [7, 11) is 0. The lowest BCUT2D eigenvalue weighted by atomic mass is 9.99. The van der Waals surface area contributed by atoms with Gasteiger partial charge in [-0.3, -0.25) is 9.59 Å². The second-order valence-electron chi connectivity index (χ2n) is 6.63. The predicted octanol–water partition coefficient (Wildman–Crippen LogP) is 1.48. The van der Waals surface area contributed by atoms with Crippen LogP contribution in [-0.2, 0) is 14.3 Å². The molecule has 0 bridgehead atoms. The third-order valence-electron chi connectivity index (χ3n) is 4.67. The molecule has 3 rings (SSSR count). The lowest BCUT2D eigenvalue weighted by Gasteiger charge is -2.29. The minimum absolute atomic E-state index is 0.321. The lowest BCUT2D eigenvalue weighted by Crippen LogP contribution is -2.43. The Morgan fingerprint density at radius 1 is 1.07 bits per heavy atom. The van der Waals surface area contributed by atoms with Crippen molar-refractivity contribution in [1.82, 2.24) is 4.90 Å². The van der Waals surface area contributed by atoms with Crippen molar-refractivity contribution in [3.8, 4) is 0 Å². The molecule has 2 fully saturated rings. The van der Waals surface area contributed by atoms with Crippen molar-refractivity contribution in [3.05, 3.63) is 28.8 Å². The number of carbonyl (C=O) groups excluding carboxylic acids is 2. The Morgan fingerprint density at radius 3 is 2.07 bits per heavy atom. The molecule has 1 aromatic rings. The van der Waals surface area contributed by atoms with Gasteiger partial charge in [0.2, 0.25) is 0 Å². The topological polar surface area (TPSA) is 122 Å². The number of ether oxygens (including phenoxy) is 2. The van der Waals surface area contributed by atoms with Gasteiger partial charge >= 0.3 is 12.0 Å². The summed E-state index contributed by atoms with van der Waals surface area (Å²) in [5, 5.41) is 9.32. The molecule has 2 heterocycles. The first-order valence-electron chi connectivity index (χ1n) is 9.32. The van der Waals surface area contributed by atoms with Crippen LogP contribution in [0.25, 0.3) is 0 Å². The number of amides is 2. The number of ketones is 1. The molecule has 2 aliphatic heterocycles. The number of hydrogen-bond acceptors (Lipinski definition) is 6. The summed E-state index contributed by atoms with van der Waals surface area (Å²) >= 11 is 6.21. The highest BCUT2D eigenvalue weighted by Crippen LogP contribution is 2.28. The quantitative estimate of drug-likeness (QED) is 0.551. The van der Waals surface area contributed by atoms with Gasteiger partial charge in [0.1, 0.15) is 5.92 Å². The maximum atomic E-state index is 12.0. The average Bonchev–Trinajstić information content (AvgIpc) is 2.74. The fourth-order valence-electron chi connectivity index (χ4n) is 2.87. The molecular weight excluding hydrogens is 402 g/mol. The Labute approximate surface area is 174 Å². The highest BCUT2D eigenvalue weighted by molar-refractivity contribution is 6.33. The summed E-state index contributed by atoms with van der Waals surface area (Å²) in [6.07, 6.45) is 0. The van der Waals surface area contributed by atoms with Crippen molar-refractivity contribution in [2.24, 2.45) is 11.7 Å².